The van der Waals surface area contributed by atoms with Gasteiger partial charge >= 0.3 is 0 Å². The molecule has 3 nitrogen and oxygen atoms in total. The van der Waals surface area contributed by atoms with Crippen LogP contribution in [0.15, 0.2) is 30.6 Å². The van der Waals surface area contributed by atoms with E-state index < -0.39 is 0 Å². The van der Waals surface area contributed by atoms with Crippen LogP contribution in [-0.2, 0) is 13.7 Å². The van der Waals surface area contributed by atoms with E-state index in [2.05, 4.69) is 37.1 Å². The van der Waals surface area contributed by atoms with Crippen LogP contribution in [0.3, 0.4) is 0 Å². The first-order valence-corrected chi connectivity index (χ1v) is 5.33. The van der Waals surface area contributed by atoms with Crippen molar-refractivity contribution in [3.63, 3.8) is 0 Å². The maximum absolute atomic E-state index is 5.76. The van der Waals surface area contributed by atoms with Gasteiger partial charge in [-0.15, -0.1) is 0 Å². The molecule has 0 amide bonds. The summed E-state index contributed by atoms with van der Waals surface area (Å²) in [5.41, 5.74) is 3.46. The van der Waals surface area contributed by atoms with E-state index in [9.17, 15) is 0 Å². The number of aromatic nitrogens is 2. The smallest absolute Gasteiger partial charge is 0.122 e. The standard InChI is InChI=1S/C13H16N2O/c1-10-4-5-11(2)13(6-10)16-9-12-7-14-15(3)8-12/h4-8H,9H2,1-3H3. The first-order valence-electron chi connectivity index (χ1n) is 5.33. The highest BCUT2D eigenvalue weighted by Gasteiger charge is 2.01. The summed E-state index contributed by atoms with van der Waals surface area (Å²) in [6, 6.07) is 6.23. The molecule has 84 valence electrons. The van der Waals surface area contributed by atoms with E-state index in [0.717, 1.165) is 16.9 Å². The van der Waals surface area contributed by atoms with Crippen LogP contribution in [0.25, 0.3) is 0 Å². The predicted octanol–water partition coefficient (Wildman–Crippen LogP) is 2.62. The zero-order valence-corrected chi connectivity index (χ0v) is 9.90. The highest BCUT2D eigenvalue weighted by Crippen LogP contribution is 2.20. The van der Waals surface area contributed by atoms with Crippen molar-refractivity contribution in [3.05, 3.63) is 47.3 Å². The van der Waals surface area contributed by atoms with Crippen molar-refractivity contribution in [3.8, 4) is 5.75 Å². The zero-order chi connectivity index (χ0) is 11.5. The summed E-state index contributed by atoms with van der Waals surface area (Å²) in [4.78, 5) is 0. The second kappa shape index (κ2) is 4.39. The molecular weight excluding hydrogens is 200 g/mol. The van der Waals surface area contributed by atoms with Gasteiger partial charge in [0.2, 0.25) is 0 Å². The van der Waals surface area contributed by atoms with Crippen LogP contribution in [0, 0.1) is 13.8 Å². The molecule has 2 rings (SSSR count). The predicted molar refractivity (Wildman–Crippen MR) is 63.5 cm³/mol. The number of benzene rings is 1. The van der Waals surface area contributed by atoms with Gasteiger partial charge in [-0.3, -0.25) is 4.68 Å². The molecule has 0 fully saturated rings. The molecular formula is C13H16N2O. The number of rotatable bonds is 3. The Hall–Kier alpha value is -1.77. The Morgan fingerprint density at radius 1 is 1.31 bits per heavy atom. The van der Waals surface area contributed by atoms with Crippen LogP contribution < -0.4 is 4.74 Å². The molecule has 0 saturated carbocycles. The fourth-order valence-corrected chi connectivity index (χ4v) is 1.57. The number of ether oxygens (including phenoxy) is 1. The quantitative estimate of drug-likeness (QED) is 0.788. The summed E-state index contributed by atoms with van der Waals surface area (Å²) < 4.78 is 7.54. The molecule has 0 aliphatic rings. The summed E-state index contributed by atoms with van der Waals surface area (Å²) in [5, 5.41) is 4.11. The lowest BCUT2D eigenvalue weighted by Gasteiger charge is -2.08. The average Bonchev–Trinajstić information content (AvgIpc) is 2.66. The van der Waals surface area contributed by atoms with Gasteiger partial charge in [0.25, 0.3) is 0 Å². The Bertz CT molecular complexity index is 488. The Labute approximate surface area is 95.7 Å². The molecule has 0 radical (unpaired) electrons. The Balaban J connectivity index is 2.07. The maximum atomic E-state index is 5.76. The highest BCUT2D eigenvalue weighted by molar-refractivity contribution is 5.36. The van der Waals surface area contributed by atoms with Crippen LogP contribution in [0.4, 0.5) is 0 Å². The molecule has 1 aromatic carbocycles. The third kappa shape index (κ3) is 2.42. The molecule has 0 saturated heterocycles. The second-order valence-electron chi connectivity index (χ2n) is 4.08. The number of aryl methyl sites for hydroxylation is 3. The average molecular weight is 216 g/mol. The third-order valence-corrected chi connectivity index (χ3v) is 2.50. The molecule has 1 heterocycles. The lowest BCUT2D eigenvalue weighted by Crippen LogP contribution is -1.96. The van der Waals surface area contributed by atoms with Crippen LogP contribution in [0.5, 0.6) is 5.75 Å². The van der Waals surface area contributed by atoms with E-state index >= 15 is 0 Å². The summed E-state index contributed by atoms with van der Waals surface area (Å²) in [5.74, 6) is 0.948. The first-order chi connectivity index (χ1) is 7.65. The Kier molecular flexibility index (Phi) is 2.95. The van der Waals surface area contributed by atoms with E-state index in [4.69, 9.17) is 4.74 Å². The maximum Gasteiger partial charge on any atom is 0.122 e. The van der Waals surface area contributed by atoms with Gasteiger partial charge in [-0.05, 0) is 31.0 Å². The molecule has 16 heavy (non-hydrogen) atoms. The Morgan fingerprint density at radius 3 is 2.81 bits per heavy atom. The van der Waals surface area contributed by atoms with Gasteiger partial charge in [0.15, 0.2) is 0 Å². The first kappa shape index (κ1) is 10.7. The second-order valence-corrected chi connectivity index (χ2v) is 4.08. The van der Waals surface area contributed by atoms with Crippen molar-refractivity contribution in [2.75, 3.05) is 0 Å². The van der Waals surface area contributed by atoms with E-state index in [1.807, 2.05) is 19.4 Å². The van der Waals surface area contributed by atoms with Crippen LogP contribution in [0.2, 0.25) is 0 Å². The minimum Gasteiger partial charge on any atom is -0.489 e. The molecule has 0 bridgehead atoms. The summed E-state index contributed by atoms with van der Waals surface area (Å²) >= 11 is 0. The van der Waals surface area contributed by atoms with Gasteiger partial charge in [0, 0.05) is 18.8 Å². The fourth-order valence-electron chi connectivity index (χ4n) is 1.57. The lowest BCUT2D eigenvalue weighted by molar-refractivity contribution is 0.304. The van der Waals surface area contributed by atoms with E-state index in [-0.39, 0.29) is 0 Å². The van der Waals surface area contributed by atoms with Crippen molar-refractivity contribution < 1.29 is 4.74 Å². The summed E-state index contributed by atoms with van der Waals surface area (Å²) in [7, 11) is 1.90. The third-order valence-electron chi connectivity index (χ3n) is 2.50. The van der Waals surface area contributed by atoms with E-state index in [0.29, 0.717) is 6.61 Å². The van der Waals surface area contributed by atoms with Crippen molar-refractivity contribution in [2.45, 2.75) is 20.5 Å². The van der Waals surface area contributed by atoms with Crippen molar-refractivity contribution >= 4 is 0 Å². The molecule has 2 aromatic rings. The number of nitrogens with zero attached hydrogens (tertiary/aromatic N) is 2. The van der Waals surface area contributed by atoms with Crippen molar-refractivity contribution in [2.24, 2.45) is 7.05 Å². The minimum absolute atomic E-state index is 0.568. The molecule has 0 spiro atoms. The molecule has 0 aliphatic carbocycles. The van der Waals surface area contributed by atoms with Gasteiger partial charge in [-0.25, -0.2) is 0 Å². The molecule has 0 unspecified atom stereocenters. The van der Waals surface area contributed by atoms with Crippen molar-refractivity contribution in [1.82, 2.24) is 9.78 Å². The summed E-state index contributed by atoms with van der Waals surface area (Å²) in [6.45, 7) is 4.69. The topological polar surface area (TPSA) is 27.1 Å². The monoisotopic (exact) mass is 216 g/mol. The van der Waals surface area contributed by atoms with Gasteiger partial charge in [0.05, 0.1) is 6.20 Å². The van der Waals surface area contributed by atoms with E-state index in [1.165, 1.54) is 5.56 Å². The minimum atomic E-state index is 0.568. The number of hydrogen-bond donors (Lipinski definition) is 0. The van der Waals surface area contributed by atoms with Crippen molar-refractivity contribution in [1.29, 1.82) is 0 Å². The fraction of sp³-hybridized carbons (Fsp3) is 0.308. The van der Waals surface area contributed by atoms with Gasteiger partial charge in [0.1, 0.15) is 12.4 Å². The molecule has 3 heteroatoms. The van der Waals surface area contributed by atoms with E-state index in [1.54, 1.807) is 4.68 Å². The molecule has 0 aliphatic heterocycles. The van der Waals surface area contributed by atoms with Gasteiger partial charge < -0.3 is 4.74 Å². The SMILES string of the molecule is Cc1ccc(C)c(OCc2cnn(C)c2)c1. The molecule has 1 aromatic heterocycles. The molecule has 0 N–H and O–H groups in total. The normalized spacial score (nSPS) is 10.4. The van der Waals surface area contributed by atoms with Crippen LogP contribution >= 0.6 is 0 Å². The largest absolute Gasteiger partial charge is 0.489 e. The number of hydrogen-bond acceptors (Lipinski definition) is 2. The summed E-state index contributed by atoms with van der Waals surface area (Å²) in [6.07, 6.45) is 3.79. The van der Waals surface area contributed by atoms with Crippen LogP contribution in [0.1, 0.15) is 16.7 Å². The van der Waals surface area contributed by atoms with Gasteiger partial charge in [-0.1, -0.05) is 12.1 Å². The van der Waals surface area contributed by atoms with Gasteiger partial charge in [-0.2, -0.15) is 5.10 Å². The Morgan fingerprint density at radius 2 is 2.12 bits per heavy atom. The highest BCUT2D eigenvalue weighted by atomic mass is 16.5. The lowest BCUT2D eigenvalue weighted by atomic mass is 10.1. The zero-order valence-electron chi connectivity index (χ0n) is 9.90. The molecule has 0 atom stereocenters. The van der Waals surface area contributed by atoms with Crippen LogP contribution in [-0.4, -0.2) is 9.78 Å².